The summed E-state index contributed by atoms with van der Waals surface area (Å²) < 4.78 is 40.4. The van der Waals surface area contributed by atoms with Crippen LogP contribution in [-0.2, 0) is 19.6 Å². The van der Waals surface area contributed by atoms with Crippen LogP contribution in [0.1, 0.15) is 133 Å². The summed E-state index contributed by atoms with van der Waals surface area (Å²) in [7, 11) is -2.72. The van der Waals surface area contributed by atoms with E-state index in [0.717, 1.165) is 42.1 Å². The van der Waals surface area contributed by atoms with Gasteiger partial charge in [-0.1, -0.05) is 64.7 Å². The first-order valence-electron chi connectivity index (χ1n) is 20.8. The number of benzene rings is 2. The van der Waals surface area contributed by atoms with Crippen molar-refractivity contribution in [2.45, 2.75) is 124 Å². The number of aryl methyl sites for hydroxylation is 1. The van der Waals surface area contributed by atoms with E-state index in [1.807, 2.05) is 17.9 Å². The molecule has 4 rings (SSSR count). The third-order valence-corrected chi connectivity index (χ3v) is 12.4. The number of aliphatic imine (C=N–C) groups is 2. The van der Waals surface area contributed by atoms with Gasteiger partial charge >= 0.3 is 5.97 Å². The van der Waals surface area contributed by atoms with Crippen molar-refractivity contribution < 1.29 is 27.5 Å². The molecule has 1 amide bonds. The van der Waals surface area contributed by atoms with Gasteiger partial charge in [-0.25, -0.2) is 27.5 Å². The van der Waals surface area contributed by atoms with Gasteiger partial charge in [0.25, 0.3) is 15.9 Å². The number of methoxy groups -OCH3 is 1. The molecule has 0 bridgehead atoms. The summed E-state index contributed by atoms with van der Waals surface area (Å²) in [5.41, 5.74) is 2.44. The number of hydrogen-bond donors (Lipinski definition) is 1. The van der Waals surface area contributed by atoms with Gasteiger partial charge in [-0.3, -0.25) is 4.79 Å². The number of nitrogens with zero attached hydrogens (tertiary/aromatic N) is 6. The van der Waals surface area contributed by atoms with Crippen LogP contribution in [0.3, 0.4) is 0 Å². The fourth-order valence-corrected chi connectivity index (χ4v) is 8.96. The van der Waals surface area contributed by atoms with E-state index in [-0.39, 0.29) is 47.1 Å². The van der Waals surface area contributed by atoms with Gasteiger partial charge in [-0.2, -0.15) is 10.5 Å². The molecule has 1 heterocycles. The summed E-state index contributed by atoms with van der Waals surface area (Å²) in [6.45, 7) is 7.01. The second-order valence-electron chi connectivity index (χ2n) is 14.6. The highest BCUT2D eigenvalue weighted by atomic mass is 32.2. The first kappa shape index (κ1) is 45.5. The van der Waals surface area contributed by atoms with Crippen LogP contribution < -0.4 is 15.0 Å². The molecule has 13 nitrogen and oxygen atoms in total. The minimum Gasteiger partial charge on any atom is -0.491 e. The zero-order valence-electron chi connectivity index (χ0n) is 34.6. The van der Waals surface area contributed by atoms with Crippen molar-refractivity contribution in [2.75, 3.05) is 43.6 Å². The SMILES string of the molecule is CCCCCCCCCCCCOc1ccc(C(=O)OC)cc1NC(=O)C(=Nc1ccc(N(CCC#N)CCC#N)cc1C)C1=NC2=C(CCCC2)S(=O)(=O)N1CC. The Balaban J connectivity index is 1.69. The van der Waals surface area contributed by atoms with Gasteiger partial charge in [0.2, 0.25) is 0 Å². The Morgan fingerprint density at radius 3 is 2.19 bits per heavy atom. The van der Waals surface area contributed by atoms with Crippen LogP contribution in [0.2, 0.25) is 0 Å². The van der Waals surface area contributed by atoms with E-state index in [2.05, 4.69) is 24.4 Å². The van der Waals surface area contributed by atoms with E-state index in [0.29, 0.717) is 55.2 Å². The number of amidine groups is 1. The number of hydrogen-bond acceptors (Lipinski definition) is 11. The second kappa shape index (κ2) is 23.3. The molecule has 1 N–H and O–H groups in total. The van der Waals surface area contributed by atoms with Gasteiger partial charge in [0.05, 0.1) is 66.2 Å². The topological polar surface area (TPSA) is 178 Å². The van der Waals surface area contributed by atoms with E-state index in [1.54, 1.807) is 31.2 Å². The molecule has 2 aromatic carbocycles. The molecule has 0 saturated carbocycles. The average Bonchev–Trinajstić information content (AvgIpc) is 3.22. The number of esters is 1. The Morgan fingerprint density at radius 1 is 0.914 bits per heavy atom. The standard InChI is InChI=1S/C44H59N7O6S/c1-5-7-8-9-10-11-12-13-14-17-30-57-39-25-22-34(44(53)56-4)32-38(39)49-43(52)41(42-48-37-20-15-16-21-40(37)58(54,55)51(42)6-2)47-36-24-23-35(31-33(36)3)50(28-18-26-45)29-19-27-46/h22-25,31-32H,5-21,28-30H2,1-4H3,(H,49,52). The maximum Gasteiger partial charge on any atom is 0.337 e. The van der Waals surface area contributed by atoms with Gasteiger partial charge in [0, 0.05) is 25.3 Å². The summed E-state index contributed by atoms with van der Waals surface area (Å²) in [5, 5.41) is 21.3. The smallest absolute Gasteiger partial charge is 0.337 e. The Hall–Kier alpha value is -5.21. The lowest BCUT2D eigenvalue weighted by Gasteiger charge is -2.32. The lowest BCUT2D eigenvalue weighted by atomic mass is 10.0. The van der Waals surface area contributed by atoms with Crippen LogP contribution in [0, 0.1) is 29.6 Å². The molecule has 0 spiro atoms. The van der Waals surface area contributed by atoms with Crippen molar-refractivity contribution in [1.29, 1.82) is 10.5 Å². The predicted molar refractivity (Wildman–Crippen MR) is 229 cm³/mol. The molecule has 0 unspecified atom stereocenters. The number of rotatable bonds is 23. The van der Waals surface area contributed by atoms with E-state index >= 15 is 0 Å². The highest BCUT2D eigenvalue weighted by molar-refractivity contribution is 7.93. The first-order valence-corrected chi connectivity index (χ1v) is 22.2. The Bertz CT molecular complexity index is 2010. The molecule has 0 saturated heterocycles. The number of sulfonamides is 1. The van der Waals surface area contributed by atoms with Crippen molar-refractivity contribution in [3.05, 3.63) is 58.1 Å². The van der Waals surface area contributed by atoms with Crippen molar-refractivity contribution >= 4 is 50.5 Å². The predicted octanol–water partition coefficient (Wildman–Crippen LogP) is 9.28. The van der Waals surface area contributed by atoms with Gasteiger partial charge < -0.3 is 19.7 Å². The highest BCUT2D eigenvalue weighted by Gasteiger charge is 2.40. The number of carbonyl (C=O) groups is 2. The summed E-state index contributed by atoms with van der Waals surface area (Å²) >= 11 is 0. The van der Waals surface area contributed by atoms with Gasteiger partial charge in [-0.15, -0.1) is 0 Å². The molecular formula is C44H59N7O6S. The van der Waals surface area contributed by atoms with Crippen LogP contribution in [0.5, 0.6) is 5.75 Å². The Morgan fingerprint density at radius 2 is 1.57 bits per heavy atom. The second-order valence-corrected chi connectivity index (χ2v) is 16.5. The summed E-state index contributed by atoms with van der Waals surface area (Å²) in [6, 6.07) is 14.3. The van der Waals surface area contributed by atoms with Gasteiger partial charge in [0.15, 0.2) is 11.5 Å². The van der Waals surface area contributed by atoms with Crippen LogP contribution in [0.25, 0.3) is 0 Å². The van der Waals surface area contributed by atoms with E-state index in [1.165, 1.54) is 58.1 Å². The van der Waals surface area contributed by atoms with Gasteiger partial charge in [-0.05, 0) is 87.9 Å². The average molecular weight is 814 g/mol. The van der Waals surface area contributed by atoms with Crippen LogP contribution >= 0.6 is 0 Å². The summed E-state index contributed by atoms with van der Waals surface area (Å²) in [4.78, 5) is 39.1. The maximum atomic E-state index is 14.6. The molecule has 0 atom stereocenters. The molecule has 312 valence electrons. The third-order valence-electron chi connectivity index (χ3n) is 10.4. The quantitative estimate of drug-likeness (QED) is 0.0651. The number of unbranched alkanes of at least 4 members (excludes halogenated alkanes) is 9. The summed E-state index contributed by atoms with van der Waals surface area (Å²) in [5.74, 6) is -1.09. The number of anilines is 2. The Kier molecular flexibility index (Phi) is 18.2. The fraction of sp³-hybridized carbons (Fsp3) is 0.545. The molecule has 14 heteroatoms. The van der Waals surface area contributed by atoms with Crippen molar-refractivity contribution in [1.82, 2.24) is 4.31 Å². The molecule has 2 aromatic rings. The third kappa shape index (κ3) is 12.4. The molecular weight excluding hydrogens is 755 g/mol. The normalized spacial score (nSPS) is 14.8. The van der Waals surface area contributed by atoms with E-state index in [9.17, 15) is 28.5 Å². The number of allylic oxidation sites excluding steroid dienone is 2. The van der Waals surface area contributed by atoms with Crippen LogP contribution in [0.15, 0.2) is 57.0 Å². The lowest BCUT2D eigenvalue weighted by Crippen LogP contribution is -2.47. The number of carbonyl (C=O) groups excluding carboxylic acids is 2. The van der Waals surface area contributed by atoms with E-state index < -0.39 is 21.9 Å². The Labute approximate surface area is 344 Å². The van der Waals surface area contributed by atoms with Crippen molar-refractivity contribution in [3.8, 4) is 17.9 Å². The minimum absolute atomic E-state index is 0.0138. The maximum absolute atomic E-state index is 14.6. The minimum atomic E-state index is -4.00. The molecule has 0 radical (unpaired) electrons. The zero-order valence-corrected chi connectivity index (χ0v) is 35.5. The molecule has 58 heavy (non-hydrogen) atoms. The number of ether oxygens (including phenoxy) is 2. The van der Waals surface area contributed by atoms with Crippen molar-refractivity contribution in [3.63, 3.8) is 0 Å². The number of nitrogens with one attached hydrogen (secondary N) is 1. The molecule has 1 aliphatic heterocycles. The lowest BCUT2D eigenvalue weighted by molar-refractivity contribution is -0.110. The van der Waals surface area contributed by atoms with Crippen LogP contribution in [0.4, 0.5) is 17.1 Å². The zero-order chi connectivity index (χ0) is 41.9. The van der Waals surface area contributed by atoms with Crippen molar-refractivity contribution in [2.24, 2.45) is 9.98 Å². The largest absolute Gasteiger partial charge is 0.491 e. The summed E-state index contributed by atoms with van der Waals surface area (Å²) in [6.07, 6.45) is 14.6. The van der Waals surface area contributed by atoms with Gasteiger partial charge in [0.1, 0.15) is 5.75 Å². The monoisotopic (exact) mass is 813 g/mol. The van der Waals surface area contributed by atoms with Crippen LogP contribution in [-0.4, -0.2) is 69.5 Å². The molecule has 2 aliphatic rings. The van der Waals surface area contributed by atoms with E-state index in [4.69, 9.17) is 19.5 Å². The molecule has 0 fully saturated rings. The highest BCUT2D eigenvalue weighted by Crippen LogP contribution is 2.36. The molecule has 1 aliphatic carbocycles. The fourth-order valence-electron chi connectivity index (χ4n) is 7.16. The number of nitriles is 2. The first-order chi connectivity index (χ1) is 28.1. The molecule has 0 aromatic heterocycles. The number of amides is 1.